The van der Waals surface area contributed by atoms with Crippen LogP contribution in [0.5, 0.6) is 0 Å². The van der Waals surface area contributed by atoms with Gasteiger partial charge in [0.25, 0.3) is 5.91 Å². The molecule has 31 heavy (non-hydrogen) atoms. The Labute approximate surface area is 185 Å². The van der Waals surface area contributed by atoms with E-state index in [1.54, 1.807) is 0 Å². The van der Waals surface area contributed by atoms with Crippen molar-refractivity contribution in [3.63, 3.8) is 0 Å². The van der Waals surface area contributed by atoms with E-state index in [1.165, 1.54) is 0 Å². The molecule has 7 nitrogen and oxygen atoms in total. The van der Waals surface area contributed by atoms with E-state index in [4.69, 9.17) is 0 Å². The first-order valence-corrected chi connectivity index (χ1v) is 11.1. The number of carbonyl (C=O) groups is 2. The number of amides is 2. The summed E-state index contributed by atoms with van der Waals surface area (Å²) in [4.78, 5) is 29.3. The lowest BCUT2D eigenvalue weighted by Crippen LogP contribution is -2.51. The molecular formula is C24H35N5O2. The van der Waals surface area contributed by atoms with E-state index in [0.717, 1.165) is 11.3 Å². The van der Waals surface area contributed by atoms with Crippen molar-refractivity contribution in [3.8, 4) is 0 Å². The van der Waals surface area contributed by atoms with Crippen molar-refractivity contribution in [1.29, 1.82) is 0 Å². The summed E-state index contributed by atoms with van der Waals surface area (Å²) in [6.45, 7) is 14.0. The molecule has 1 saturated heterocycles. The van der Waals surface area contributed by atoms with Gasteiger partial charge in [0.15, 0.2) is 5.69 Å². The Balaban J connectivity index is 1.52. The minimum absolute atomic E-state index is 0.00845. The van der Waals surface area contributed by atoms with Crippen LogP contribution >= 0.6 is 0 Å². The third-order valence-corrected chi connectivity index (χ3v) is 5.54. The van der Waals surface area contributed by atoms with Crippen LogP contribution < -0.4 is 5.32 Å². The van der Waals surface area contributed by atoms with Gasteiger partial charge in [-0.15, -0.1) is 0 Å². The van der Waals surface area contributed by atoms with Gasteiger partial charge in [-0.3, -0.25) is 19.2 Å². The van der Waals surface area contributed by atoms with Crippen molar-refractivity contribution in [1.82, 2.24) is 24.9 Å². The van der Waals surface area contributed by atoms with Gasteiger partial charge in [0.2, 0.25) is 5.91 Å². The van der Waals surface area contributed by atoms with Gasteiger partial charge in [-0.1, -0.05) is 44.2 Å². The van der Waals surface area contributed by atoms with Gasteiger partial charge in [-0.25, -0.2) is 0 Å². The predicted octanol–water partition coefficient (Wildman–Crippen LogP) is 2.84. The number of hydrogen-bond acceptors (Lipinski definition) is 4. The van der Waals surface area contributed by atoms with E-state index in [9.17, 15) is 9.59 Å². The number of carbonyl (C=O) groups excluding carboxylic acids is 2. The molecule has 3 rings (SSSR count). The fraction of sp³-hybridized carbons (Fsp3) is 0.542. The number of aromatic nitrogens is 2. The van der Waals surface area contributed by atoms with Crippen molar-refractivity contribution >= 4 is 11.8 Å². The second kappa shape index (κ2) is 9.64. The Kier molecular flexibility index (Phi) is 7.15. The van der Waals surface area contributed by atoms with Crippen LogP contribution in [0, 0.1) is 0 Å². The van der Waals surface area contributed by atoms with E-state index in [2.05, 4.69) is 49.9 Å². The third-order valence-electron chi connectivity index (χ3n) is 5.54. The molecule has 1 aromatic carbocycles. The monoisotopic (exact) mass is 425 g/mol. The van der Waals surface area contributed by atoms with E-state index in [1.807, 2.05) is 46.0 Å². The Bertz CT molecular complexity index is 890. The number of nitrogens with zero attached hydrogens (tertiary/aromatic N) is 4. The van der Waals surface area contributed by atoms with Gasteiger partial charge in [-0.05, 0) is 38.3 Å². The normalized spacial score (nSPS) is 15.4. The molecule has 0 atom stereocenters. The number of hydrogen-bond donors (Lipinski definition) is 1. The van der Waals surface area contributed by atoms with Crippen LogP contribution in [0.4, 0.5) is 0 Å². The second-order valence-corrected chi connectivity index (χ2v) is 9.52. The zero-order valence-corrected chi connectivity index (χ0v) is 19.4. The van der Waals surface area contributed by atoms with Crippen molar-refractivity contribution < 1.29 is 9.59 Å². The number of benzene rings is 1. The highest BCUT2D eigenvalue weighted by atomic mass is 16.2. The topological polar surface area (TPSA) is 70.5 Å². The molecule has 2 heterocycles. The standard InChI is InChI=1S/C24H35N5O2/c1-18(2)21-15-20(26-29(21)24(3,4)5)23(31)28-13-11-27(12-14-28)17-22(30)25-16-19-9-7-6-8-10-19/h6-10,15,18H,11-14,16-17H2,1-5H3,(H,25,30). The summed E-state index contributed by atoms with van der Waals surface area (Å²) < 4.78 is 1.97. The van der Waals surface area contributed by atoms with Crippen LogP contribution in [0.15, 0.2) is 36.4 Å². The van der Waals surface area contributed by atoms with Crippen LogP contribution in [-0.4, -0.2) is 64.1 Å². The molecule has 1 aliphatic heterocycles. The average Bonchev–Trinajstić information content (AvgIpc) is 3.20. The molecule has 0 saturated carbocycles. The van der Waals surface area contributed by atoms with Crippen LogP contribution in [0.3, 0.4) is 0 Å². The third kappa shape index (κ3) is 5.94. The van der Waals surface area contributed by atoms with Crippen LogP contribution in [0.2, 0.25) is 0 Å². The van der Waals surface area contributed by atoms with Crippen LogP contribution in [0.1, 0.15) is 62.3 Å². The smallest absolute Gasteiger partial charge is 0.274 e. The first kappa shape index (κ1) is 23.0. The van der Waals surface area contributed by atoms with Crippen molar-refractivity contribution in [3.05, 3.63) is 53.3 Å². The zero-order chi connectivity index (χ0) is 22.6. The highest BCUT2D eigenvalue weighted by molar-refractivity contribution is 5.92. The van der Waals surface area contributed by atoms with Gasteiger partial charge in [0.05, 0.1) is 12.1 Å². The van der Waals surface area contributed by atoms with Crippen molar-refractivity contribution in [2.24, 2.45) is 0 Å². The maximum absolute atomic E-state index is 13.1. The first-order valence-electron chi connectivity index (χ1n) is 11.1. The second-order valence-electron chi connectivity index (χ2n) is 9.52. The minimum Gasteiger partial charge on any atom is -0.351 e. The zero-order valence-electron chi connectivity index (χ0n) is 19.4. The maximum atomic E-state index is 13.1. The SMILES string of the molecule is CC(C)c1cc(C(=O)N2CCN(CC(=O)NCc3ccccc3)CC2)nn1C(C)(C)C. The van der Waals surface area contributed by atoms with Gasteiger partial charge >= 0.3 is 0 Å². The highest BCUT2D eigenvalue weighted by Crippen LogP contribution is 2.24. The predicted molar refractivity (Wildman–Crippen MR) is 122 cm³/mol. The Morgan fingerprint density at radius 2 is 1.71 bits per heavy atom. The highest BCUT2D eigenvalue weighted by Gasteiger charge is 2.28. The van der Waals surface area contributed by atoms with Crippen molar-refractivity contribution in [2.75, 3.05) is 32.7 Å². The summed E-state index contributed by atoms with van der Waals surface area (Å²) in [6.07, 6.45) is 0. The Morgan fingerprint density at radius 1 is 1.06 bits per heavy atom. The maximum Gasteiger partial charge on any atom is 0.274 e. The van der Waals surface area contributed by atoms with Gasteiger partial charge in [0.1, 0.15) is 0 Å². The van der Waals surface area contributed by atoms with Gasteiger partial charge in [-0.2, -0.15) is 5.10 Å². The fourth-order valence-corrected chi connectivity index (χ4v) is 3.78. The Hall–Kier alpha value is -2.67. The summed E-state index contributed by atoms with van der Waals surface area (Å²) >= 11 is 0. The lowest BCUT2D eigenvalue weighted by molar-refractivity contribution is -0.122. The minimum atomic E-state index is -0.177. The molecular weight excluding hydrogens is 390 g/mol. The largest absolute Gasteiger partial charge is 0.351 e. The molecule has 1 aliphatic rings. The molecule has 2 aromatic rings. The quantitative estimate of drug-likeness (QED) is 0.773. The van der Waals surface area contributed by atoms with Gasteiger partial charge in [0, 0.05) is 38.4 Å². The summed E-state index contributed by atoms with van der Waals surface area (Å²) in [7, 11) is 0. The molecule has 2 amide bonds. The van der Waals surface area contributed by atoms with Crippen LogP contribution in [-0.2, 0) is 16.9 Å². The summed E-state index contributed by atoms with van der Waals surface area (Å²) in [6, 6.07) is 11.8. The number of piperazine rings is 1. The van der Waals surface area contributed by atoms with Crippen LogP contribution in [0.25, 0.3) is 0 Å². The van der Waals surface area contributed by atoms with Gasteiger partial charge < -0.3 is 10.2 Å². The first-order chi connectivity index (χ1) is 14.6. The lowest BCUT2D eigenvalue weighted by atomic mass is 10.1. The molecule has 0 bridgehead atoms. The number of rotatable bonds is 6. The molecule has 168 valence electrons. The fourth-order valence-electron chi connectivity index (χ4n) is 3.78. The van der Waals surface area contributed by atoms with E-state index < -0.39 is 0 Å². The number of nitrogens with one attached hydrogen (secondary N) is 1. The average molecular weight is 426 g/mol. The molecule has 0 spiro atoms. The molecule has 1 fully saturated rings. The Morgan fingerprint density at radius 3 is 2.26 bits per heavy atom. The summed E-state index contributed by atoms with van der Waals surface area (Å²) in [5.74, 6) is 0.270. The molecule has 1 aromatic heterocycles. The lowest BCUT2D eigenvalue weighted by Gasteiger charge is -2.34. The summed E-state index contributed by atoms with van der Waals surface area (Å²) in [5, 5.41) is 7.61. The molecule has 0 unspecified atom stereocenters. The van der Waals surface area contributed by atoms with E-state index >= 15 is 0 Å². The molecule has 1 N–H and O–H groups in total. The molecule has 7 heteroatoms. The van der Waals surface area contributed by atoms with E-state index in [-0.39, 0.29) is 17.4 Å². The van der Waals surface area contributed by atoms with E-state index in [0.29, 0.717) is 50.9 Å². The summed E-state index contributed by atoms with van der Waals surface area (Å²) in [5.41, 5.74) is 2.49. The van der Waals surface area contributed by atoms with Crippen molar-refractivity contribution in [2.45, 2.75) is 52.6 Å². The molecule has 0 radical (unpaired) electrons. The molecule has 0 aliphatic carbocycles.